The number of aromatic nitrogens is 1. The van der Waals surface area contributed by atoms with Crippen molar-refractivity contribution in [1.29, 1.82) is 5.26 Å². The summed E-state index contributed by atoms with van der Waals surface area (Å²) in [5.74, 6) is 0.599. The Morgan fingerprint density at radius 3 is 2.89 bits per heavy atom. The Balaban J connectivity index is 1.49. The van der Waals surface area contributed by atoms with Gasteiger partial charge in [-0.05, 0) is 74.4 Å². The monoisotopic (exact) mass is 610 g/mol. The van der Waals surface area contributed by atoms with Gasteiger partial charge in [-0.25, -0.2) is 15.9 Å². The van der Waals surface area contributed by atoms with Crippen molar-refractivity contribution in [2.24, 2.45) is 0 Å². The highest BCUT2D eigenvalue weighted by Gasteiger charge is 2.35. The van der Waals surface area contributed by atoms with E-state index in [9.17, 15) is 10.1 Å². The van der Waals surface area contributed by atoms with Gasteiger partial charge in [0, 0.05) is 41.5 Å². The number of pyridine rings is 1. The molecule has 10 heteroatoms. The van der Waals surface area contributed by atoms with Crippen molar-refractivity contribution in [1.82, 2.24) is 14.8 Å². The molecule has 0 unspecified atom stereocenters. The van der Waals surface area contributed by atoms with Crippen molar-refractivity contribution in [2.75, 3.05) is 57.0 Å². The molecule has 0 radical (unpaired) electrons. The Morgan fingerprint density at radius 1 is 1.27 bits per heavy atom. The van der Waals surface area contributed by atoms with Crippen molar-refractivity contribution >= 4 is 34.3 Å². The fraction of sp³-hybridized carbons (Fsp3) is 0.412. The van der Waals surface area contributed by atoms with E-state index < -0.39 is 6.04 Å². The summed E-state index contributed by atoms with van der Waals surface area (Å²) in [6.07, 6.45) is 5.42. The lowest BCUT2D eigenvalue weighted by Crippen LogP contribution is -2.56. The van der Waals surface area contributed by atoms with E-state index in [0.29, 0.717) is 48.4 Å². The number of carbonyl (C=O) groups is 1. The number of halogens is 1. The second-order valence-corrected chi connectivity index (χ2v) is 12.7. The number of hydrogen-bond donors (Lipinski definition) is 0. The Morgan fingerprint density at radius 2 is 2.14 bits per heavy atom. The number of thioether (sulfide) groups is 1. The molecule has 2 saturated heterocycles. The third-order valence-corrected chi connectivity index (χ3v) is 10.3. The molecule has 0 aliphatic carbocycles. The zero-order chi connectivity index (χ0) is 30.8. The van der Waals surface area contributed by atoms with Gasteiger partial charge < -0.3 is 24.3 Å². The minimum Gasteiger partial charge on any atom is -0.475 e. The minimum absolute atomic E-state index is 0.105. The number of fused-ring (bicyclic) bond motifs is 2. The molecule has 3 aliphatic heterocycles. The standard InChI is InChI=1S/C34H35FN6O2S/c1-4-31(42)41-14-13-40(20-24(41)19-37-2)32-27-16-29(35)26(25-11-5-8-22-9-7-15-44-33(22)25)17-30(27)38-34(28(32)18-36)43-21-23-10-6-12-39(23)3/h4-5,8,11,16-17,23-24H,1,6-7,9-10,12-15,19-21H2,3H3/t23-,24-/m0/s1. The Labute approximate surface area is 261 Å². The van der Waals surface area contributed by atoms with Crippen LogP contribution in [0.4, 0.5) is 10.1 Å². The van der Waals surface area contributed by atoms with Crippen molar-refractivity contribution < 1.29 is 13.9 Å². The molecular weight excluding hydrogens is 575 g/mol. The first-order valence-corrected chi connectivity index (χ1v) is 16.1. The molecule has 44 heavy (non-hydrogen) atoms. The van der Waals surface area contributed by atoms with Crippen LogP contribution in [0.25, 0.3) is 26.9 Å². The molecule has 2 fully saturated rings. The number of nitrogens with zero attached hydrogens (tertiary/aromatic N) is 6. The zero-order valence-corrected chi connectivity index (χ0v) is 25.7. The van der Waals surface area contributed by atoms with Gasteiger partial charge in [0.1, 0.15) is 30.1 Å². The van der Waals surface area contributed by atoms with Crippen LogP contribution in [0.1, 0.15) is 30.4 Å². The van der Waals surface area contributed by atoms with Gasteiger partial charge in [0.2, 0.25) is 18.3 Å². The first kappa shape index (κ1) is 29.9. The fourth-order valence-electron chi connectivity index (χ4n) is 6.68. The van der Waals surface area contributed by atoms with E-state index in [1.807, 2.05) is 17.0 Å². The lowest BCUT2D eigenvalue weighted by atomic mass is 9.97. The molecule has 0 spiro atoms. The molecule has 4 heterocycles. The summed E-state index contributed by atoms with van der Waals surface area (Å²) in [6, 6.07) is 11.4. The van der Waals surface area contributed by atoms with Crippen molar-refractivity contribution in [3.63, 3.8) is 0 Å². The lowest BCUT2D eigenvalue weighted by molar-refractivity contribution is -0.128. The van der Waals surface area contributed by atoms with Crippen molar-refractivity contribution in [3.05, 3.63) is 71.3 Å². The quantitative estimate of drug-likeness (QED) is 0.257. The van der Waals surface area contributed by atoms with Crippen LogP contribution < -0.4 is 9.64 Å². The van der Waals surface area contributed by atoms with Gasteiger partial charge >= 0.3 is 0 Å². The summed E-state index contributed by atoms with van der Waals surface area (Å²) in [4.78, 5) is 28.0. The first-order chi connectivity index (χ1) is 21.4. The third-order valence-electron chi connectivity index (χ3n) is 8.99. The van der Waals surface area contributed by atoms with Gasteiger partial charge in [0.25, 0.3) is 0 Å². The van der Waals surface area contributed by atoms with Crippen LogP contribution in [0, 0.1) is 23.7 Å². The zero-order valence-electron chi connectivity index (χ0n) is 24.9. The number of anilines is 1. The van der Waals surface area contributed by atoms with E-state index in [1.54, 1.807) is 22.7 Å². The molecule has 2 aromatic carbocycles. The minimum atomic E-state index is -0.407. The van der Waals surface area contributed by atoms with E-state index >= 15 is 4.39 Å². The number of hydrogen-bond acceptors (Lipinski definition) is 7. The molecule has 1 amide bonds. The Kier molecular flexibility index (Phi) is 8.74. The highest BCUT2D eigenvalue weighted by atomic mass is 32.2. The number of carbonyl (C=O) groups excluding carboxylic acids is 1. The number of nitriles is 1. The second kappa shape index (κ2) is 12.9. The lowest BCUT2D eigenvalue weighted by Gasteiger charge is -2.40. The maximum atomic E-state index is 16.2. The molecule has 2 atom stereocenters. The number of ether oxygens (including phenoxy) is 1. The van der Waals surface area contributed by atoms with Gasteiger partial charge in [0.15, 0.2) is 0 Å². The predicted molar refractivity (Wildman–Crippen MR) is 171 cm³/mol. The summed E-state index contributed by atoms with van der Waals surface area (Å²) in [6.45, 7) is 13.7. The molecule has 0 saturated carbocycles. The van der Waals surface area contributed by atoms with Crippen LogP contribution in [-0.4, -0.2) is 84.9 Å². The summed E-state index contributed by atoms with van der Waals surface area (Å²) < 4.78 is 22.5. The number of likely N-dealkylation sites (tertiary alicyclic amines) is 1. The van der Waals surface area contributed by atoms with E-state index in [0.717, 1.165) is 48.4 Å². The molecule has 1 aromatic heterocycles. The average Bonchev–Trinajstić information content (AvgIpc) is 3.46. The maximum absolute atomic E-state index is 16.2. The number of benzene rings is 2. The van der Waals surface area contributed by atoms with Crippen LogP contribution in [0.2, 0.25) is 0 Å². The van der Waals surface area contributed by atoms with Crippen molar-refractivity contribution in [3.8, 4) is 23.1 Å². The van der Waals surface area contributed by atoms with Gasteiger partial charge in [-0.3, -0.25) is 4.79 Å². The normalized spacial score (nSPS) is 20.2. The molecule has 8 nitrogen and oxygen atoms in total. The van der Waals surface area contributed by atoms with E-state index in [2.05, 4.69) is 35.5 Å². The second-order valence-electron chi connectivity index (χ2n) is 11.6. The van der Waals surface area contributed by atoms with E-state index in [1.165, 1.54) is 17.7 Å². The largest absolute Gasteiger partial charge is 0.475 e. The maximum Gasteiger partial charge on any atom is 0.246 e. The first-order valence-electron chi connectivity index (χ1n) is 15.1. The smallest absolute Gasteiger partial charge is 0.246 e. The number of amides is 1. The Hall–Kier alpha value is -4.12. The van der Waals surface area contributed by atoms with Crippen LogP contribution >= 0.6 is 11.8 Å². The molecule has 226 valence electrons. The van der Waals surface area contributed by atoms with Crippen LogP contribution in [0.15, 0.2) is 47.9 Å². The van der Waals surface area contributed by atoms with Gasteiger partial charge in [0.05, 0.1) is 11.2 Å². The summed E-state index contributed by atoms with van der Waals surface area (Å²) in [5, 5.41) is 11.0. The van der Waals surface area contributed by atoms with Gasteiger partial charge in [-0.2, -0.15) is 5.26 Å². The van der Waals surface area contributed by atoms with Crippen molar-refractivity contribution in [2.45, 2.75) is 42.7 Å². The van der Waals surface area contributed by atoms with E-state index in [-0.39, 0.29) is 35.8 Å². The highest BCUT2D eigenvalue weighted by molar-refractivity contribution is 7.99. The number of aryl methyl sites for hydroxylation is 1. The number of rotatable bonds is 7. The number of likely N-dealkylation sites (N-methyl/N-ethyl adjacent to an activating group) is 1. The van der Waals surface area contributed by atoms with Crippen LogP contribution in [0.3, 0.4) is 0 Å². The summed E-state index contributed by atoms with van der Waals surface area (Å²) >= 11 is 1.76. The number of piperazine rings is 1. The predicted octanol–water partition coefficient (Wildman–Crippen LogP) is 5.55. The molecule has 0 N–H and O–H groups in total. The molecule has 6 rings (SSSR count). The molecular formula is C34H35FN6O2S. The molecule has 3 aliphatic rings. The summed E-state index contributed by atoms with van der Waals surface area (Å²) in [7, 11) is 2.07. The van der Waals surface area contributed by atoms with Crippen LogP contribution in [-0.2, 0) is 11.2 Å². The van der Waals surface area contributed by atoms with Crippen LogP contribution in [0.5, 0.6) is 5.88 Å². The topological polar surface area (TPSA) is 77.1 Å². The van der Waals surface area contributed by atoms with E-state index in [4.69, 9.17) is 16.3 Å². The molecule has 0 bridgehead atoms. The summed E-state index contributed by atoms with van der Waals surface area (Å²) in [5.41, 5.74) is 3.86. The third kappa shape index (κ3) is 5.60. The van der Waals surface area contributed by atoms with Gasteiger partial charge in [-0.1, -0.05) is 24.8 Å². The fourth-order valence-corrected chi connectivity index (χ4v) is 7.86. The molecule has 3 aromatic rings. The highest BCUT2D eigenvalue weighted by Crippen LogP contribution is 2.43. The van der Waals surface area contributed by atoms with Gasteiger partial charge in [-0.15, -0.1) is 11.8 Å². The SMILES string of the molecule is [C-]#[N+]C[C@H]1CN(c2c(C#N)c(OC[C@@H]3CCCN3C)nc3cc(-c4cccc5c4SCCC5)c(F)cc23)CCN1C(=O)C=C. The average molecular weight is 611 g/mol. The Bertz CT molecular complexity index is 1700.